The van der Waals surface area contributed by atoms with Gasteiger partial charge >= 0.3 is 5.97 Å². The molecule has 0 aliphatic carbocycles. The number of nitrogens with zero attached hydrogens (tertiary/aromatic N) is 2. The van der Waals surface area contributed by atoms with Crippen LogP contribution in [0.2, 0.25) is 0 Å². The third kappa shape index (κ3) is 6.81. The van der Waals surface area contributed by atoms with Gasteiger partial charge in [0.15, 0.2) is 16.4 Å². The lowest BCUT2D eigenvalue weighted by Gasteiger charge is -2.26. The van der Waals surface area contributed by atoms with E-state index in [-0.39, 0.29) is 5.56 Å². The maximum absolute atomic E-state index is 12.2. The first-order valence-electron chi connectivity index (χ1n) is 9.98. The number of carbonyl (C=O) groups is 2. The van der Waals surface area contributed by atoms with Crippen LogP contribution in [0.4, 0.5) is 11.4 Å². The highest BCUT2D eigenvalue weighted by molar-refractivity contribution is 7.90. The summed E-state index contributed by atoms with van der Waals surface area (Å²) in [7, 11) is -3.86. The van der Waals surface area contributed by atoms with Crippen LogP contribution in [-0.2, 0) is 30.7 Å². The summed E-state index contributed by atoms with van der Waals surface area (Å²) in [5, 5.41) is 13.8. The quantitative estimate of drug-likeness (QED) is 0.340. The van der Waals surface area contributed by atoms with Gasteiger partial charge in [0.25, 0.3) is 11.6 Å². The molecule has 176 valence electrons. The molecule has 1 saturated heterocycles. The van der Waals surface area contributed by atoms with Gasteiger partial charge in [0.1, 0.15) is 4.90 Å². The third-order valence-electron chi connectivity index (χ3n) is 4.87. The number of esters is 1. The zero-order chi connectivity index (χ0) is 24.0. The van der Waals surface area contributed by atoms with E-state index >= 15 is 0 Å². The summed E-state index contributed by atoms with van der Waals surface area (Å²) in [6.07, 6.45) is 0.826. The van der Waals surface area contributed by atoms with Crippen molar-refractivity contribution in [2.24, 2.45) is 0 Å². The largest absolute Gasteiger partial charge is 0.452 e. The Balaban J connectivity index is 1.54. The summed E-state index contributed by atoms with van der Waals surface area (Å²) in [5.74, 6) is -1.58. The van der Waals surface area contributed by atoms with Crippen LogP contribution >= 0.6 is 0 Å². The van der Waals surface area contributed by atoms with Gasteiger partial charge in [-0.15, -0.1) is 0 Å². The van der Waals surface area contributed by atoms with Crippen LogP contribution in [0.1, 0.15) is 15.9 Å². The highest BCUT2D eigenvalue weighted by atomic mass is 32.2. The van der Waals surface area contributed by atoms with Gasteiger partial charge in [0.05, 0.1) is 23.7 Å². The van der Waals surface area contributed by atoms with Crippen molar-refractivity contribution in [1.82, 2.24) is 4.90 Å². The second-order valence-electron chi connectivity index (χ2n) is 7.42. The van der Waals surface area contributed by atoms with E-state index in [1.807, 2.05) is 12.1 Å². The molecule has 1 N–H and O–H groups in total. The highest BCUT2D eigenvalue weighted by Gasteiger charge is 2.24. The van der Waals surface area contributed by atoms with Crippen LogP contribution in [0.3, 0.4) is 0 Å². The first kappa shape index (κ1) is 24.3. The van der Waals surface area contributed by atoms with Crippen molar-refractivity contribution in [1.29, 1.82) is 0 Å². The molecule has 2 aromatic carbocycles. The zero-order valence-electron chi connectivity index (χ0n) is 17.9. The molecule has 0 atom stereocenters. The molecule has 1 aliphatic heterocycles. The van der Waals surface area contributed by atoms with E-state index in [1.54, 1.807) is 12.1 Å². The van der Waals surface area contributed by atoms with Crippen molar-refractivity contribution < 1.29 is 32.4 Å². The fourth-order valence-electron chi connectivity index (χ4n) is 3.22. The minimum Gasteiger partial charge on any atom is -0.452 e. The number of anilines is 1. The van der Waals surface area contributed by atoms with Gasteiger partial charge in [-0.1, -0.05) is 12.1 Å². The number of hydrogen-bond donors (Lipinski definition) is 1. The topological polar surface area (TPSA) is 145 Å². The third-order valence-corrected chi connectivity index (χ3v) is 6.02. The monoisotopic (exact) mass is 477 g/mol. The van der Waals surface area contributed by atoms with Gasteiger partial charge in [-0.3, -0.25) is 19.8 Å². The number of carbonyl (C=O) groups excluding carboxylic acids is 2. The molecule has 2 aromatic rings. The summed E-state index contributed by atoms with van der Waals surface area (Å²) >= 11 is 0. The minimum absolute atomic E-state index is 0.241. The van der Waals surface area contributed by atoms with Crippen LogP contribution in [0.5, 0.6) is 0 Å². The smallest absolute Gasteiger partial charge is 0.338 e. The lowest BCUT2D eigenvalue weighted by atomic mass is 10.2. The first-order chi connectivity index (χ1) is 15.6. The van der Waals surface area contributed by atoms with E-state index in [2.05, 4.69) is 10.2 Å². The number of nitrogens with one attached hydrogen (secondary N) is 1. The van der Waals surface area contributed by atoms with Gasteiger partial charge < -0.3 is 14.8 Å². The van der Waals surface area contributed by atoms with Gasteiger partial charge in [-0.25, -0.2) is 13.2 Å². The zero-order valence-corrected chi connectivity index (χ0v) is 18.7. The van der Waals surface area contributed by atoms with Crippen molar-refractivity contribution in [2.45, 2.75) is 11.4 Å². The number of rotatable bonds is 8. The Kier molecular flexibility index (Phi) is 7.74. The molecule has 1 fully saturated rings. The van der Waals surface area contributed by atoms with Crippen molar-refractivity contribution in [3.63, 3.8) is 0 Å². The van der Waals surface area contributed by atoms with E-state index in [0.29, 0.717) is 18.9 Å². The molecule has 0 radical (unpaired) electrons. The lowest BCUT2D eigenvalue weighted by molar-refractivity contribution is -0.387. The van der Waals surface area contributed by atoms with E-state index < -0.39 is 43.8 Å². The first-order valence-corrected chi connectivity index (χ1v) is 11.9. The van der Waals surface area contributed by atoms with Crippen molar-refractivity contribution in [3.8, 4) is 0 Å². The van der Waals surface area contributed by atoms with E-state index in [9.17, 15) is 28.1 Å². The predicted octanol–water partition coefficient (Wildman–Crippen LogP) is 1.63. The molecule has 33 heavy (non-hydrogen) atoms. The second kappa shape index (κ2) is 10.5. The molecule has 1 amide bonds. The fraction of sp³-hybridized carbons (Fsp3) is 0.333. The summed E-state index contributed by atoms with van der Waals surface area (Å²) in [5.41, 5.74) is 0.623. The number of nitro benzene ring substituents is 1. The Hall–Kier alpha value is -3.35. The Morgan fingerprint density at radius 3 is 2.42 bits per heavy atom. The average molecular weight is 477 g/mol. The highest BCUT2D eigenvalue weighted by Crippen LogP contribution is 2.25. The van der Waals surface area contributed by atoms with E-state index in [1.165, 1.54) is 0 Å². The molecule has 0 aromatic heterocycles. The number of morpholine rings is 1. The summed E-state index contributed by atoms with van der Waals surface area (Å²) in [6, 6.07) is 10.1. The molecule has 1 heterocycles. The van der Waals surface area contributed by atoms with Crippen LogP contribution < -0.4 is 5.32 Å². The summed E-state index contributed by atoms with van der Waals surface area (Å²) in [4.78, 5) is 36.3. The number of nitro groups is 1. The predicted molar refractivity (Wildman–Crippen MR) is 118 cm³/mol. The second-order valence-corrected chi connectivity index (χ2v) is 9.41. The molecule has 12 heteroatoms. The number of amides is 1. The standard InChI is InChI=1S/C21H23N3O8S/c1-33(29,30)19-7-4-16(12-18(19)24(27)28)21(26)32-14-20(25)22-17-5-2-15(3-6-17)13-23-8-10-31-11-9-23/h2-7,12H,8-11,13-14H2,1H3,(H,22,25). The lowest BCUT2D eigenvalue weighted by Crippen LogP contribution is -2.35. The molecule has 0 bridgehead atoms. The Morgan fingerprint density at radius 1 is 1.15 bits per heavy atom. The molecule has 3 rings (SSSR count). The fourth-order valence-corrected chi connectivity index (χ4v) is 4.05. The molecule has 0 saturated carbocycles. The average Bonchev–Trinajstić information content (AvgIpc) is 2.78. The summed E-state index contributed by atoms with van der Waals surface area (Å²) in [6.45, 7) is 3.31. The maximum atomic E-state index is 12.2. The Labute approximate surface area is 190 Å². The van der Waals surface area contributed by atoms with Gasteiger partial charge in [-0.05, 0) is 29.8 Å². The van der Waals surface area contributed by atoms with Crippen LogP contribution in [0.15, 0.2) is 47.4 Å². The van der Waals surface area contributed by atoms with Crippen LogP contribution in [-0.4, -0.2) is 69.3 Å². The summed E-state index contributed by atoms with van der Waals surface area (Å²) < 4.78 is 33.6. The number of benzene rings is 2. The van der Waals surface area contributed by atoms with Crippen molar-refractivity contribution >= 4 is 33.1 Å². The van der Waals surface area contributed by atoms with Crippen LogP contribution in [0, 0.1) is 10.1 Å². The minimum atomic E-state index is -3.86. The molecule has 11 nitrogen and oxygen atoms in total. The molecular weight excluding hydrogens is 454 g/mol. The normalized spacial score (nSPS) is 14.5. The van der Waals surface area contributed by atoms with Gasteiger partial charge in [-0.2, -0.15) is 0 Å². The molecule has 1 aliphatic rings. The van der Waals surface area contributed by atoms with E-state index in [0.717, 1.165) is 49.7 Å². The SMILES string of the molecule is CS(=O)(=O)c1ccc(C(=O)OCC(=O)Nc2ccc(CN3CCOCC3)cc2)cc1[N+](=O)[O-]. The Bertz CT molecular complexity index is 1140. The maximum Gasteiger partial charge on any atom is 0.338 e. The molecule has 0 spiro atoms. The van der Waals surface area contributed by atoms with Crippen LogP contribution in [0.25, 0.3) is 0 Å². The number of hydrogen-bond acceptors (Lipinski definition) is 9. The number of ether oxygens (including phenoxy) is 2. The molecule has 0 unspecified atom stereocenters. The van der Waals surface area contributed by atoms with Crippen molar-refractivity contribution in [3.05, 3.63) is 63.7 Å². The van der Waals surface area contributed by atoms with Crippen molar-refractivity contribution in [2.75, 3.05) is 44.5 Å². The van der Waals surface area contributed by atoms with E-state index in [4.69, 9.17) is 9.47 Å². The molecular formula is C21H23N3O8S. The van der Waals surface area contributed by atoms with Gasteiger partial charge in [0, 0.05) is 37.6 Å². The van der Waals surface area contributed by atoms with Gasteiger partial charge in [0.2, 0.25) is 0 Å². The number of sulfone groups is 1. The Morgan fingerprint density at radius 2 is 1.82 bits per heavy atom.